The number of carbonyl (C=O) groups excluding carboxylic acids is 3. The highest BCUT2D eigenvalue weighted by atomic mass is 79.9. The van der Waals surface area contributed by atoms with Gasteiger partial charge in [-0.2, -0.15) is 0 Å². The highest BCUT2D eigenvalue weighted by molar-refractivity contribution is 9.14. The van der Waals surface area contributed by atoms with Crippen molar-refractivity contribution in [2.24, 2.45) is 0 Å². The Bertz CT molecular complexity index is 314. The lowest BCUT2D eigenvalue weighted by Crippen LogP contribution is -2.35. The minimum absolute atomic E-state index is 0.166. The van der Waals surface area contributed by atoms with Crippen LogP contribution in [0.4, 0.5) is 0 Å². The molecular formula is C11H17Br2NO3. The number of hydrogen-bond acceptors (Lipinski definition) is 3. The molecule has 0 N–H and O–H groups in total. The fraction of sp³-hybridized carbons (Fsp3) is 0.545. The monoisotopic (exact) mass is 369 g/mol. The fourth-order valence-corrected chi connectivity index (χ4v) is 1.65. The van der Waals surface area contributed by atoms with Crippen molar-refractivity contribution in [2.75, 3.05) is 6.54 Å². The van der Waals surface area contributed by atoms with Gasteiger partial charge >= 0.3 is 0 Å². The molecule has 98 valence electrons. The summed E-state index contributed by atoms with van der Waals surface area (Å²) >= 11 is 5.90. The van der Waals surface area contributed by atoms with Crippen LogP contribution >= 0.6 is 31.9 Å². The van der Waals surface area contributed by atoms with E-state index >= 15 is 0 Å². The van der Waals surface area contributed by atoms with E-state index in [0.717, 1.165) is 4.90 Å². The summed E-state index contributed by atoms with van der Waals surface area (Å²) in [6.07, 6.45) is 0. The van der Waals surface area contributed by atoms with Crippen LogP contribution in [-0.4, -0.2) is 29.0 Å². The number of imide groups is 1. The largest absolute Gasteiger partial charge is 0.298 e. The molecule has 0 aromatic carbocycles. The molecule has 0 fully saturated rings. The van der Waals surface area contributed by atoms with Gasteiger partial charge in [0, 0.05) is 0 Å². The van der Waals surface area contributed by atoms with Crippen LogP contribution in [-0.2, 0) is 14.4 Å². The molecule has 17 heavy (non-hydrogen) atoms. The Morgan fingerprint density at radius 2 is 1.29 bits per heavy atom. The first-order valence-corrected chi connectivity index (χ1v) is 6.94. The summed E-state index contributed by atoms with van der Waals surface area (Å²) < 4.78 is 0.331. The van der Waals surface area contributed by atoms with Gasteiger partial charge in [0.1, 0.15) is 14.7 Å². The number of hydrogen-bond donors (Lipinski definition) is 0. The Morgan fingerprint density at radius 3 is 1.53 bits per heavy atom. The number of carbonyl (C=O) groups is 3. The second kappa shape index (κ2) is 9.53. The summed E-state index contributed by atoms with van der Waals surface area (Å²) in [5.74, 6) is -1.19. The molecule has 0 unspecified atom stereocenters. The molecular weight excluding hydrogens is 354 g/mol. The van der Waals surface area contributed by atoms with Gasteiger partial charge in [0.2, 0.25) is 0 Å². The standard InChI is InChI=1S/C7H5Br2NO3.2C2H6/c1-3(11)2-10-6(12)4(8)5(9)7(10)13;2*1-2/h2H2,1H3;2*1-2H3. The van der Waals surface area contributed by atoms with Gasteiger partial charge in [0.15, 0.2) is 0 Å². The van der Waals surface area contributed by atoms with Gasteiger partial charge in [0.25, 0.3) is 11.8 Å². The van der Waals surface area contributed by atoms with E-state index in [1.165, 1.54) is 6.92 Å². The van der Waals surface area contributed by atoms with Crippen LogP contribution in [0.3, 0.4) is 0 Å². The number of Topliss-reactive ketones (excluding diaryl/α,β-unsaturated/α-hetero) is 1. The summed E-state index contributed by atoms with van der Waals surface area (Å²) in [6.45, 7) is 9.14. The van der Waals surface area contributed by atoms with Crippen LogP contribution in [0.25, 0.3) is 0 Å². The van der Waals surface area contributed by atoms with Crippen molar-refractivity contribution in [3.63, 3.8) is 0 Å². The van der Waals surface area contributed by atoms with Gasteiger partial charge in [-0.15, -0.1) is 0 Å². The van der Waals surface area contributed by atoms with E-state index < -0.39 is 11.8 Å². The Balaban J connectivity index is 0. The molecule has 1 aliphatic heterocycles. The van der Waals surface area contributed by atoms with Crippen LogP contribution < -0.4 is 0 Å². The highest BCUT2D eigenvalue weighted by Crippen LogP contribution is 2.28. The van der Waals surface area contributed by atoms with Crippen LogP contribution in [0.2, 0.25) is 0 Å². The zero-order valence-corrected chi connectivity index (χ0v) is 13.8. The van der Waals surface area contributed by atoms with Gasteiger partial charge in [-0.25, -0.2) is 0 Å². The normalized spacial score (nSPS) is 13.9. The Labute approximate surface area is 119 Å². The van der Waals surface area contributed by atoms with Crippen molar-refractivity contribution >= 4 is 49.5 Å². The van der Waals surface area contributed by atoms with Crippen molar-refractivity contribution in [3.8, 4) is 0 Å². The SMILES string of the molecule is CC.CC.CC(=O)CN1C(=O)C(Br)=C(Br)C1=O. The average Bonchev–Trinajstić information content (AvgIpc) is 2.52. The third-order valence-corrected chi connectivity index (χ3v) is 3.44. The van der Waals surface area contributed by atoms with Crippen molar-refractivity contribution in [3.05, 3.63) is 8.96 Å². The zero-order chi connectivity index (χ0) is 14.2. The summed E-state index contributed by atoms with van der Waals surface area (Å²) in [6, 6.07) is 0. The van der Waals surface area contributed by atoms with Crippen molar-refractivity contribution < 1.29 is 14.4 Å². The molecule has 0 spiro atoms. The van der Waals surface area contributed by atoms with Gasteiger partial charge in [-0.3, -0.25) is 19.3 Å². The number of amides is 2. The van der Waals surface area contributed by atoms with Gasteiger partial charge in [-0.1, -0.05) is 27.7 Å². The number of ketones is 1. The molecule has 0 saturated heterocycles. The number of nitrogens with zero attached hydrogens (tertiary/aromatic N) is 1. The quantitative estimate of drug-likeness (QED) is 0.702. The molecule has 0 aromatic rings. The lowest BCUT2D eigenvalue weighted by molar-refractivity contribution is -0.140. The van der Waals surface area contributed by atoms with Crippen molar-refractivity contribution in [2.45, 2.75) is 34.6 Å². The maximum Gasteiger partial charge on any atom is 0.269 e. The molecule has 4 nitrogen and oxygen atoms in total. The van der Waals surface area contributed by atoms with E-state index in [-0.39, 0.29) is 21.3 Å². The Kier molecular flexibility index (Phi) is 10.6. The summed E-state index contributed by atoms with van der Waals surface area (Å²) in [5.41, 5.74) is 0. The Morgan fingerprint density at radius 1 is 1.00 bits per heavy atom. The first-order chi connectivity index (χ1) is 7.95. The predicted molar refractivity (Wildman–Crippen MR) is 75.0 cm³/mol. The van der Waals surface area contributed by atoms with Gasteiger partial charge < -0.3 is 0 Å². The van der Waals surface area contributed by atoms with E-state index in [9.17, 15) is 14.4 Å². The molecule has 0 saturated carbocycles. The summed E-state index contributed by atoms with van der Waals surface area (Å²) in [4.78, 5) is 34.2. The van der Waals surface area contributed by atoms with Gasteiger partial charge in [-0.05, 0) is 38.8 Å². The third kappa shape index (κ3) is 5.12. The van der Waals surface area contributed by atoms with E-state index in [0.29, 0.717) is 0 Å². The second-order valence-corrected chi connectivity index (χ2v) is 4.11. The first-order valence-electron chi connectivity index (χ1n) is 5.36. The number of rotatable bonds is 2. The lowest BCUT2D eigenvalue weighted by atomic mass is 10.4. The second-order valence-electron chi connectivity index (χ2n) is 2.53. The molecule has 0 atom stereocenters. The third-order valence-electron chi connectivity index (χ3n) is 1.44. The zero-order valence-electron chi connectivity index (χ0n) is 10.6. The minimum Gasteiger partial charge on any atom is -0.298 e. The number of halogens is 2. The molecule has 1 aliphatic rings. The van der Waals surface area contributed by atoms with E-state index in [4.69, 9.17) is 0 Å². The maximum atomic E-state index is 11.3. The summed E-state index contributed by atoms with van der Waals surface area (Å²) in [7, 11) is 0. The van der Waals surface area contributed by atoms with Crippen molar-refractivity contribution in [1.29, 1.82) is 0 Å². The van der Waals surface area contributed by atoms with Crippen LogP contribution in [0.1, 0.15) is 34.6 Å². The Hall–Kier alpha value is -0.490. The average molecular weight is 371 g/mol. The molecule has 0 bridgehead atoms. The molecule has 2 amide bonds. The predicted octanol–water partition coefficient (Wildman–Crippen LogP) is 3.00. The highest BCUT2D eigenvalue weighted by Gasteiger charge is 2.36. The van der Waals surface area contributed by atoms with Crippen LogP contribution in [0.15, 0.2) is 8.96 Å². The fourth-order valence-electron chi connectivity index (χ4n) is 0.883. The maximum absolute atomic E-state index is 11.3. The van der Waals surface area contributed by atoms with Gasteiger partial charge in [0.05, 0.1) is 6.54 Å². The molecule has 0 radical (unpaired) electrons. The van der Waals surface area contributed by atoms with E-state index in [1.54, 1.807) is 0 Å². The van der Waals surface area contributed by atoms with Crippen molar-refractivity contribution in [1.82, 2.24) is 4.90 Å². The molecule has 1 heterocycles. The topological polar surface area (TPSA) is 54.5 Å². The molecule has 0 aliphatic carbocycles. The van der Waals surface area contributed by atoms with Crippen LogP contribution in [0.5, 0.6) is 0 Å². The molecule has 1 rings (SSSR count). The molecule has 0 aromatic heterocycles. The minimum atomic E-state index is -0.480. The lowest BCUT2D eigenvalue weighted by Gasteiger charge is -2.10. The molecule has 6 heteroatoms. The summed E-state index contributed by atoms with van der Waals surface area (Å²) in [5, 5.41) is 0. The first kappa shape index (κ1) is 18.9. The van der Waals surface area contributed by atoms with E-state index in [2.05, 4.69) is 31.9 Å². The van der Waals surface area contributed by atoms with E-state index in [1.807, 2.05) is 27.7 Å². The smallest absolute Gasteiger partial charge is 0.269 e. The van der Waals surface area contributed by atoms with Crippen LogP contribution in [0, 0.1) is 0 Å².